The van der Waals surface area contributed by atoms with Crippen molar-refractivity contribution in [3.05, 3.63) is 17.7 Å². The van der Waals surface area contributed by atoms with E-state index in [1.54, 1.807) is 0 Å². The molecule has 0 bridgehead atoms. The van der Waals surface area contributed by atoms with Gasteiger partial charge in [-0.15, -0.1) is 0 Å². The molecule has 1 aromatic carbocycles. The average molecular weight is 294 g/mol. The third-order valence-corrected chi connectivity index (χ3v) is 4.50. The van der Waals surface area contributed by atoms with E-state index in [0.717, 1.165) is 23.4 Å². The van der Waals surface area contributed by atoms with Crippen LogP contribution in [-0.2, 0) is 6.42 Å². The lowest BCUT2D eigenvalue weighted by atomic mass is 9.93. The molecule has 0 aromatic heterocycles. The van der Waals surface area contributed by atoms with Crippen LogP contribution in [0, 0.1) is 0 Å². The predicted octanol–water partition coefficient (Wildman–Crippen LogP) is 2.28. The molecule has 2 heterocycles. The van der Waals surface area contributed by atoms with Gasteiger partial charge in [-0.3, -0.25) is 0 Å². The maximum Gasteiger partial charge on any atom is 0.137 e. The van der Waals surface area contributed by atoms with Gasteiger partial charge in [-0.05, 0) is 19.9 Å². The molecule has 3 N–H and O–H groups in total. The Balaban J connectivity index is 1.82. The van der Waals surface area contributed by atoms with Crippen molar-refractivity contribution in [2.45, 2.75) is 44.4 Å². The SMILES string of the molecule is CC1(C)Cc2cc(N)c(N3CCC(F)(CO)CC3)cc2O1. The van der Waals surface area contributed by atoms with Crippen molar-refractivity contribution in [2.24, 2.45) is 0 Å². The van der Waals surface area contributed by atoms with Gasteiger partial charge in [-0.1, -0.05) is 0 Å². The van der Waals surface area contributed by atoms with E-state index in [0.29, 0.717) is 31.6 Å². The van der Waals surface area contributed by atoms with E-state index in [1.165, 1.54) is 0 Å². The Hall–Kier alpha value is -1.49. The molecule has 1 aromatic rings. The number of rotatable bonds is 2. The minimum atomic E-state index is -1.44. The van der Waals surface area contributed by atoms with E-state index in [4.69, 9.17) is 15.6 Å². The van der Waals surface area contributed by atoms with Crippen molar-refractivity contribution in [1.29, 1.82) is 0 Å². The summed E-state index contributed by atoms with van der Waals surface area (Å²) in [6, 6.07) is 3.95. The summed E-state index contributed by atoms with van der Waals surface area (Å²) in [6.07, 6.45) is 1.50. The zero-order chi connectivity index (χ0) is 15.3. The molecule has 21 heavy (non-hydrogen) atoms. The highest BCUT2D eigenvalue weighted by Gasteiger charge is 2.36. The summed E-state index contributed by atoms with van der Waals surface area (Å²) in [5.41, 5.74) is 7.29. The first-order valence-electron chi connectivity index (χ1n) is 7.48. The number of nitrogens with zero attached hydrogens (tertiary/aromatic N) is 1. The number of anilines is 2. The van der Waals surface area contributed by atoms with Crippen molar-refractivity contribution < 1.29 is 14.2 Å². The smallest absolute Gasteiger partial charge is 0.137 e. The number of piperidine rings is 1. The van der Waals surface area contributed by atoms with Crippen LogP contribution >= 0.6 is 0 Å². The van der Waals surface area contributed by atoms with E-state index >= 15 is 0 Å². The number of hydrogen-bond acceptors (Lipinski definition) is 4. The second-order valence-electron chi connectivity index (χ2n) is 6.85. The third-order valence-electron chi connectivity index (χ3n) is 4.50. The van der Waals surface area contributed by atoms with Crippen molar-refractivity contribution in [3.8, 4) is 5.75 Å². The van der Waals surface area contributed by atoms with Gasteiger partial charge in [0.25, 0.3) is 0 Å². The highest BCUT2D eigenvalue weighted by Crippen LogP contribution is 2.41. The minimum Gasteiger partial charge on any atom is -0.487 e. The average Bonchev–Trinajstić information content (AvgIpc) is 2.72. The minimum absolute atomic E-state index is 0.194. The fourth-order valence-electron chi connectivity index (χ4n) is 3.24. The summed E-state index contributed by atoms with van der Waals surface area (Å²) in [7, 11) is 0. The zero-order valence-electron chi connectivity index (χ0n) is 12.7. The Morgan fingerprint density at radius 2 is 2.00 bits per heavy atom. The van der Waals surface area contributed by atoms with Crippen molar-refractivity contribution in [3.63, 3.8) is 0 Å². The van der Waals surface area contributed by atoms with Gasteiger partial charge in [-0.2, -0.15) is 0 Å². The number of halogens is 1. The maximum atomic E-state index is 14.1. The fourth-order valence-corrected chi connectivity index (χ4v) is 3.24. The van der Waals surface area contributed by atoms with E-state index in [-0.39, 0.29) is 5.60 Å². The Morgan fingerprint density at radius 3 is 2.62 bits per heavy atom. The highest BCUT2D eigenvalue weighted by atomic mass is 19.1. The van der Waals surface area contributed by atoms with Crippen LogP contribution in [0.1, 0.15) is 32.3 Å². The predicted molar refractivity (Wildman–Crippen MR) is 81.6 cm³/mol. The van der Waals surface area contributed by atoms with Gasteiger partial charge in [0.05, 0.1) is 18.0 Å². The van der Waals surface area contributed by atoms with Crippen molar-refractivity contribution >= 4 is 11.4 Å². The normalized spacial score (nSPS) is 22.8. The topological polar surface area (TPSA) is 58.7 Å². The Morgan fingerprint density at radius 1 is 1.33 bits per heavy atom. The lowest BCUT2D eigenvalue weighted by Gasteiger charge is -2.37. The van der Waals surface area contributed by atoms with Crippen LogP contribution in [0.5, 0.6) is 5.75 Å². The first kappa shape index (κ1) is 14.4. The van der Waals surface area contributed by atoms with Crippen LogP contribution < -0.4 is 15.4 Å². The molecular weight excluding hydrogens is 271 g/mol. The number of aliphatic hydroxyl groups is 1. The number of hydrogen-bond donors (Lipinski definition) is 2. The Kier molecular flexibility index (Phi) is 3.28. The molecule has 2 aliphatic heterocycles. The molecule has 1 fully saturated rings. The molecule has 4 nitrogen and oxygen atoms in total. The van der Waals surface area contributed by atoms with Crippen molar-refractivity contribution in [1.82, 2.24) is 0 Å². The van der Waals surface area contributed by atoms with Crippen LogP contribution in [0.15, 0.2) is 12.1 Å². The van der Waals surface area contributed by atoms with E-state index in [1.807, 2.05) is 12.1 Å². The van der Waals surface area contributed by atoms with Gasteiger partial charge in [0.1, 0.15) is 17.0 Å². The molecule has 1 saturated heterocycles. The van der Waals surface area contributed by atoms with Gasteiger partial charge < -0.3 is 20.5 Å². The lowest BCUT2D eigenvalue weighted by molar-refractivity contribution is 0.0481. The van der Waals surface area contributed by atoms with E-state index in [2.05, 4.69) is 18.7 Å². The molecule has 0 saturated carbocycles. The van der Waals surface area contributed by atoms with Gasteiger partial charge in [0, 0.05) is 44.0 Å². The Bertz CT molecular complexity index is 551. The summed E-state index contributed by atoms with van der Waals surface area (Å²) >= 11 is 0. The van der Waals surface area contributed by atoms with E-state index < -0.39 is 12.3 Å². The number of nitrogen functional groups attached to an aromatic ring is 1. The number of aliphatic hydroxyl groups excluding tert-OH is 1. The van der Waals surface area contributed by atoms with Crippen LogP contribution in [-0.4, -0.2) is 36.1 Å². The van der Waals surface area contributed by atoms with Crippen LogP contribution in [0.4, 0.5) is 15.8 Å². The second-order valence-corrected chi connectivity index (χ2v) is 6.85. The summed E-state index contributed by atoms with van der Waals surface area (Å²) in [4.78, 5) is 2.08. The maximum absolute atomic E-state index is 14.1. The lowest BCUT2D eigenvalue weighted by Crippen LogP contribution is -2.44. The molecule has 2 aliphatic rings. The highest BCUT2D eigenvalue weighted by molar-refractivity contribution is 5.72. The molecule has 0 aliphatic carbocycles. The summed E-state index contributed by atoms with van der Waals surface area (Å²) in [6.45, 7) is 4.83. The van der Waals surface area contributed by atoms with Gasteiger partial charge in [0.2, 0.25) is 0 Å². The summed E-state index contributed by atoms with van der Waals surface area (Å²) in [5.74, 6) is 0.878. The zero-order valence-corrected chi connectivity index (χ0v) is 12.7. The largest absolute Gasteiger partial charge is 0.487 e. The molecule has 0 atom stereocenters. The summed E-state index contributed by atoms with van der Waals surface area (Å²) in [5, 5.41) is 9.11. The molecule has 0 spiro atoms. The molecule has 0 radical (unpaired) electrons. The van der Waals surface area contributed by atoms with Gasteiger partial charge in [0.15, 0.2) is 0 Å². The standard InChI is InChI=1S/C16H23FN2O2/c1-15(2)9-11-7-12(18)13(8-14(11)21-15)19-5-3-16(17,10-20)4-6-19/h7-8,20H,3-6,9-10,18H2,1-2H3. The number of alkyl halides is 1. The first-order valence-corrected chi connectivity index (χ1v) is 7.48. The number of benzene rings is 1. The van der Waals surface area contributed by atoms with E-state index in [9.17, 15) is 4.39 Å². The number of fused-ring (bicyclic) bond motifs is 1. The quantitative estimate of drug-likeness (QED) is 0.822. The number of nitrogens with two attached hydrogens (primary N) is 1. The van der Waals surface area contributed by atoms with Crippen LogP contribution in [0.25, 0.3) is 0 Å². The molecule has 5 heteroatoms. The van der Waals surface area contributed by atoms with Crippen LogP contribution in [0.2, 0.25) is 0 Å². The number of ether oxygens (including phenoxy) is 1. The summed E-state index contributed by atoms with van der Waals surface area (Å²) < 4.78 is 20.0. The molecule has 0 unspecified atom stereocenters. The monoisotopic (exact) mass is 294 g/mol. The molecule has 116 valence electrons. The van der Waals surface area contributed by atoms with Crippen LogP contribution in [0.3, 0.4) is 0 Å². The van der Waals surface area contributed by atoms with Crippen molar-refractivity contribution in [2.75, 3.05) is 30.3 Å². The molecule has 3 rings (SSSR count). The fraction of sp³-hybridized carbons (Fsp3) is 0.625. The van der Waals surface area contributed by atoms with Gasteiger partial charge in [-0.25, -0.2) is 4.39 Å². The molecule has 0 amide bonds. The van der Waals surface area contributed by atoms with Gasteiger partial charge >= 0.3 is 0 Å². The Labute approximate surface area is 124 Å². The second kappa shape index (κ2) is 4.77. The molecular formula is C16H23FN2O2. The first-order chi connectivity index (χ1) is 9.82. The third kappa shape index (κ3) is 2.67.